The molecule has 0 bridgehead atoms. The second-order valence-electron chi connectivity index (χ2n) is 8.17. The Morgan fingerprint density at radius 1 is 1.00 bits per heavy atom. The van der Waals surface area contributed by atoms with Crippen LogP contribution >= 0.6 is 0 Å². The Hall–Kier alpha value is -2.77. The number of nitrogens with one attached hydrogen (secondary N) is 1. The van der Waals surface area contributed by atoms with Crippen LogP contribution in [0.25, 0.3) is 0 Å². The number of hydrogen-bond donors (Lipinski definition) is 3. The zero-order chi connectivity index (χ0) is 23.3. The maximum Gasteiger partial charge on any atom is 0.343 e. The lowest BCUT2D eigenvalue weighted by molar-refractivity contribution is -0.317. The first-order valence-corrected chi connectivity index (χ1v) is 10.6. The van der Waals surface area contributed by atoms with Crippen LogP contribution in [0.4, 0.5) is 0 Å². The molecule has 32 heavy (non-hydrogen) atoms. The van der Waals surface area contributed by atoms with Crippen LogP contribution in [-0.4, -0.2) is 106 Å². The average Bonchev–Trinajstić information content (AvgIpc) is 2.97. The Morgan fingerprint density at radius 3 is 2.38 bits per heavy atom. The van der Waals surface area contributed by atoms with Gasteiger partial charge >= 0.3 is 23.9 Å². The van der Waals surface area contributed by atoms with Gasteiger partial charge in [0.15, 0.2) is 0 Å². The van der Waals surface area contributed by atoms with E-state index >= 15 is 0 Å². The highest BCUT2D eigenvalue weighted by Gasteiger charge is 2.50. The van der Waals surface area contributed by atoms with Crippen molar-refractivity contribution < 1.29 is 43.9 Å². The molecule has 1 amide bonds. The molecular weight excluding hydrogens is 428 g/mol. The fourth-order valence-electron chi connectivity index (χ4n) is 4.23. The minimum atomic E-state index is -1.09. The van der Waals surface area contributed by atoms with Crippen molar-refractivity contribution in [1.29, 1.82) is 0 Å². The molecule has 0 aromatic carbocycles. The van der Waals surface area contributed by atoms with Gasteiger partial charge in [-0.1, -0.05) is 12.8 Å². The first-order valence-electron chi connectivity index (χ1n) is 10.6. The number of amides is 1. The number of hydrogen-bond acceptors (Lipinski definition) is 10. The van der Waals surface area contributed by atoms with E-state index in [9.17, 15) is 29.1 Å². The van der Waals surface area contributed by atoms with Gasteiger partial charge in [0.2, 0.25) is 5.91 Å². The van der Waals surface area contributed by atoms with Gasteiger partial charge in [-0.05, 0) is 19.4 Å². The van der Waals surface area contributed by atoms with Crippen LogP contribution in [0.5, 0.6) is 0 Å². The van der Waals surface area contributed by atoms with Crippen LogP contribution in [0, 0.1) is 5.92 Å². The third kappa shape index (κ3) is 5.93. The van der Waals surface area contributed by atoms with Crippen molar-refractivity contribution in [2.24, 2.45) is 5.92 Å². The van der Waals surface area contributed by atoms with Gasteiger partial charge < -0.3 is 30.1 Å². The lowest BCUT2D eigenvalue weighted by Gasteiger charge is -2.44. The van der Waals surface area contributed by atoms with Gasteiger partial charge in [0.1, 0.15) is 12.1 Å². The molecule has 13 nitrogen and oxygen atoms in total. The topological polar surface area (TPSA) is 166 Å². The van der Waals surface area contributed by atoms with Crippen molar-refractivity contribution in [3.63, 3.8) is 0 Å². The first kappa shape index (κ1) is 23.9. The molecule has 0 aromatic rings. The SMILES string of the molecule is O=C(O)CNCC1C(=O)N(CCCCCCN2CC(=O)ON3OC(=O)CC3C2)C1C(=O)O. The van der Waals surface area contributed by atoms with Gasteiger partial charge in [-0.2, -0.15) is 0 Å². The lowest BCUT2D eigenvalue weighted by Crippen LogP contribution is -2.66. The van der Waals surface area contributed by atoms with Gasteiger partial charge in [0.05, 0.1) is 25.4 Å². The minimum absolute atomic E-state index is 0.0198. The molecular formula is C19H28N4O9. The van der Waals surface area contributed by atoms with Gasteiger partial charge in [-0.15, -0.1) is 0 Å². The highest BCUT2D eigenvalue weighted by Crippen LogP contribution is 2.27. The van der Waals surface area contributed by atoms with Crippen molar-refractivity contribution in [3.8, 4) is 0 Å². The number of carbonyl (C=O) groups is 5. The number of carbonyl (C=O) groups excluding carboxylic acids is 3. The van der Waals surface area contributed by atoms with Crippen molar-refractivity contribution >= 4 is 29.8 Å². The summed E-state index contributed by atoms with van der Waals surface area (Å²) in [5, 5.41) is 21.6. The van der Waals surface area contributed by atoms with Gasteiger partial charge in [0.25, 0.3) is 0 Å². The predicted molar refractivity (Wildman–Crippen MR) is 104 cm³/mol. The Kier molecular flexibility index (Phi) is 7.99. The molecule has 0 radical (unpaired) electrons. The number of carboxylic acids is 2. The molecule has 3 N–H and O–H groups in total. The minimum Gasteiger partial charge on any atom is -0.480 e. The number of carboxylic acid groups (broad SMARTS) is 2. The molecule has 3 saturated heterocycles. The van der Waals surface area contributed by atoms with Gasteiger partial charge in [0, 0.05) is 24.9 Å². The van der Waals surface area contributed by atoms with E-state index in [0.717, 1.165) is 24.5 Å². The van der Waals surface area contributed by atoms with Crippen LogP contribution in [-0.2, 0) is 33.6 Å². The first-order chi connectivity index (χ1) is 15.3. The Balaban J connectivity index is 1.33. The van der Waals surface area contributed by atoms with Crippen LogP contribution in [0.1, 0.15) is 32.1 Å². The summed E-state index contributed by atoms with van der Waals surface area (Å²) >= 11 is 0. The standard InChI is InChI=1S/C19H28N4O9/c24-14(25)9-20-8-13-17(19(29)30)22(18(13)28)6-4-2-1-3-5-21-10-12-7-15(26)31-23(12)32-16(27)11-21/h12-13,17,20H,1-11H2,(H,24,25)(H,29,30). The number of unbranched alkanes of at least 4 members (excludes halogenated alkanes) is 3. The summed E-state index contributed by atoms with van der Waals surface area (Å²) in [5.74, 6) is -4.10. The highest BCUT2D eigenvalue weighted by atomic mass is 17.0. The van der Waals surface area contributed by atoms with Crippen LogP contribution in [0.15, 0.2) is 0 Å². The molecule has 3 atom stereocenters. The largest absolute Gasteiger partial charge is 0.480 e. The summed E-state index contributed by atoms with van der Waals surface area (Å²) in [4.78, 5) is 70.6. The second-order valence-corrected chi connectivity index (χ2v) is 8.17. The summed E-state index contributed by atoms with van der Waals surface area (Å²) < 4.78 is 0. The molecule has 0 aromatic heterocycles. The van der Waals surface area contributed by atoms with E-state index in [1.54, 1.807) is 0 Å². The third-order valence-electron chi connectivity index (χ3n) is 5.74. The van der Waals surface area contributed by atoms with Crippen LogP contribution < -0.4 is 5.32 Å². The van der Waals surface area contributed by atoms with E-state index in [4.69, 9.17) is 14.8 Å². The molecule has 13 heteroatoms. The number of likely N-dealkylation sites (tertiary alicyclic amines) is 1. The molecule has 0 spiro atoms. The quantitative estimate of drug-likeness (QED) is 0.229. The van der Waals surface area contributed by atoms with Crippen molar-refractivity contribution in [3.05, 3.63) is 0 Å². The van der Waals surface area contributed by atoms with Gasteiger partial charge in [-0.3, -0.25) is 19.3 Å². The number of aliphatic carboxylic acids is 2. The van der Waals surface area contributed by atoms with E-state index < -0.39 is 35.8 Å². The van der Waals surface area contributed by atoms with Crippen LogP contribution in [0.2, 0.25) is 0 Å². The molecule has 3 rings (SSSR count). The molecule has 178 valence electrons. The number of rotatable bonds is 12. The van der Waals surface area contributed by atoms with Crippen LogP contribution in [0.3, 0.4) is 0 Å². The van der Waals surface area contributed by atoms with Crippen molar-refractivity contribution in [2.45, 2.75) is 44.2 Å². The number of hydroxylamine groups is 2. The predicted octanol–water partition coefficient (Wildman–Crippen LogP) is -1.56. The second kappa shape index (κ2) is 10.7. The van der Waals surface area contributed by atoms with E-state index in [1.165, 1.54) is 4.90 Å². The van der Waals surface area contributed by atoms with E-state index in [-0.39, 0.29) is 38.0 Å². The Morgan fingerprint density at radius 2 is 1.69 bits per heavy atom. The third-order valence-corrected chi connectivity index (χ3v) is 5.74. The average molecular weight is 456 g/mol. The van der Waals surface area contributed by atoms with Gasteiger partial charge in [-0.25, -0.2) is 9.59 Å². The summed E-state index contributed by atoms with van der Waals surface area (Å²) in [6.45, 7) is 1.27. The maximum absolute atomic E-state index is 12.2. The number of fused-ring (bicyclic) bond motifs is 1. The van der Waals surface area contributed by atoms with E-state index in [1.807, 2.05) is 4.90 Å². The Labute approximate surface area is 184 Å². The number of nitrogens with zero attached hydrogens (tertiary/aromatic N) is 3. The molecule has 3 unspecified atom stereocenters. The van der Waals surface area contributed by atoms with E-state index in [2.05, 4.69) is 5.32 Å². The molecule has 0 aliphatic carbocycles. The normalized spacial score (nSPS) is 26.2. The summed E-state index contributed by atoms with van der Waals surface area (Å²) in [5.41, 5.74) is 0. The maximum atomic E-state index is 12.2. The zero-order valence-corrected chi connectivity index (χ0v) is 17.6. The molecule has 3 fully saturated rings. The van der Waals surface area contributed by atoms with Crippen molar-refractivity contribution in [1.82, 2.24) is 20.3 Å². The molecule has 3 heterocycles. The lowest BCUT2D eigenvalue weighted by atomic mass is 9.86. The fourth-order valence-corrected chi connectivity index (χ4v) is 4.23. The fraction of sp³-hybridized carbons (Fsp3) is 0.737. The zero-order valence-electron chi connectivity index (χ0n) is 17.6. The van der Waals surface area contributed by atoms with E-state index in [0.29, 0.717) is 26.1 Å². The van der Waals surface area contributed by atoms with Crippen molar-refractivity contribution in [2.75, 3.05) is 39.3 Å². The number of β-lactam (4-membered cyclic amide) rings is 1. The molecule has 3 aliphatic heterocycles. The highest BCUT2D eigenvalue weighted by molar-refractivity contribution is 5.96. The summed E-state index contributed by atoms with van der Waals surface area (Å²) in [6.07, 6.45) is 3.23. The molecule has 3 aliphatic rings. The molecule has 0 saturated carbocycles. The summed E-state index contributed by atoms with van der Waals surface area (Å²) in [7, 11) is 0. The summed E-state index contributed by atoms with van der Waals surface area (Å²) in [6, 6.07) is -1.25. The monoisotopic (exact) mass is 456 g/mol. The Bertz CT molecular complexity index is 761. The smallest absolute Gasteiger partial charge is 0.343 e.